The highest BCUT2D eigenvalue weighted by atomic mass is 15.2. The SMILES string of the molecule is CC(C)=CCn1c[n+](C)c2ncnc(N)c21. The van der Waals surface area contributed by atoms with Crippen LogP contribution in [-0.4, -0.2) is 14.5 Å². The van der Waals surface area contributed by atoms with Gasteiger partial charge in [-0.15, -0.1) is 0 Å². The topological polar surface area (TPSA) is 60.6 Å². The highest BCUT2D eigenvalue weighted by molar-refractivity contribution is 5.79. The minimum atomic E-state index is 0.521. The Morgan fingerprint density at radius 1 is 1.50 bits per heavy atom. The Morgan fingerprint density at radius 2 is 2.25 bits per heavy atom. The van der Waals surface area contributed by atoms with Gasteiger partial charge in [-0.3, -0.25) is 4.57 Å². The Kier molecular flexibility index (Phi) is 2.60. The van der Waals surface area contributed by atoms with Gasteiger partial charge in [0, 0.05) is 0 Å². The van der Waals surface area contributed by atoms with Gasteiger partial charge in [-0.1, -0.05) is 16.6 Å². The maximum Gasteiger partial charge on any atom is 0.307 e. The molecule has 0 radical (unpaired) electrons. The van der Waals surface area contributed by atoms with Crippen LogP contribution in [0.2, 0.25) is 0 Å². The first kappa shape index (κ1) is 10.6. The summed E-state index contributed by atoms with van der Waals surface area (Å²) in [5.41, 5.74) is 8.90. The highest BCUT2D eigenvalue weighted by Crippen LogP contribution is 2.13. The number of fused-ring (bicyclic) bond motifs is 1. The fourth-order valence-corrected chi connectivity index (χ4v) is 1.66. The monoisotopic (exact) mass is 218 g/mol. The molecule has 0 aromatic carbocycles. The molecule has 0 aliphatic rings. The van der Waals surface area contributed by atoms with Crippen LogP contribution < -0.4 is 10.3 Å². The van der Waals surface area contributed by atoms with Crippen molar-refractivity contribution >= 4 is 17.0 Å². The summed E-state index contributed by atoms with van der Waals surface area (Å²) in [7, 11) is 1.95. The Bertz CT molecular complexity index is 549. The van der Waals surface area contributed by atoms with Crippen LogP contribution in [0.5, 0.6) is 0 Å². The Hall–Kier alpha value is -1.91. The van der Waals surface area contributed by atoms with Gasteiger partial charge >= 0.3 is 5.65 Å². The Labute approximate surface area is 94.2 Å². The van der Waals surface area contributed by atoms with Gasteiger partial charge < -0.3 is 5.73 Å². The van der Waals surface area contributed by atoms with Crippen LogP contribution in [-0.2, 0) is 13.6 Å². The molecule has 0 atom stereocenters. The summed E-state index contributed by atoms with van der Waals surface area (Å²) >= 11 is 0. The van der Waals surface area contributed by atoms with Crippen LogP contribution in [0.3, 0.4) is 0 Å². The van der Waals surface area contributed by atoms with Crippen LogP contribution in [0.1, 0.15) is 13.8 Å². The van der Waals surface area contributed by atoms with Gasteiger partial charge in [0.25, 0.3) is 0 Å². The number of hydrogen-bond acceptors (Lipinski definition) is 3. The third-order valence-electron chi connectivity index (χ3n) is 2.46. The molecule has 2 aromatic heterocycles. The molecule has 2 heterocycles. The van der Waals surface area contributed by atoms with Crippen molar-refractivity contribution < 1.29 is 4.57 Å². The van der Waals surface area contributed by atoms with Crippen molar-refractivity contribution in [1.29, 1.82) is 0 Å². The van der Waals surface area contributed by atoms with Gasteiger partial charge in [-0.2, -0.15) is 4.98 Å². The van der Waals surface area contributed by atoms with E-state index in [1.54, 1.807) is 0 Å². The van der Waals surface area contributed by atoms with E-state index in [1.807, 2.05) is 17.9 Å². The molecule has 0 bridgehead atoms. The molecule has 16 heavy (non-hydrogen) atoms. The average Bonchev–Trinajstić information content (AvgIpc) is 2.55. The Balaban J connectivity index is 2.58. The molecule has 0 fully saturated rings. The van der Waals surface area contributed by atoms with E-state index < -0.39 is 0 Å². The van der Waals surface area contributed by atoms with Crippen molar-refractivity contribution in [3.8, 4) is 0 Å². The van der Waals surface area contributed by atoms with E-state index in [9.17, 15) is 0 Å². The maximum absolute atomic E-state index is 5.87. The molecular formula is C11H16N5+. The van der Waals surface area contributed by atoms with Crippen molar-refractivity contribution in [1.82, 2.24) is 14.5 Å². The number of aromatic nitrogens is 4. The van der Waals surface area contributed by atoms with Crippen molar-refractivity contribution in [3.05, 3.63) is 24.3 Å². The van der Waals surface area contributed by atoms with E-state index >= 15 is 0 Å². The van der Waals surface area contributed by atoms with E-state index in [0.717, 1.165) is 17.7 Å². The smallest absolute Gasteiger partial charge is 0.307 e. The first-order valence-electron chi connectivity index (χ1n) is 5.18. The van der Waals surface area contributed by atoms with Gasteiger partial charge in [-0.05, 0) is 13.8 Å². The molecule has 0 saturated heterocycles. The summed E-state index contributed by atoms with van der Waals surface area (Å²) in [5.74, 6) is 0.521. The lowest BCUT2D eigenvalue weighted by Gasteiger charge is -1.96. The number of hydrogen-bond donors (Lipinski definition) is 1. The normalized spacial score (nSPS) is 10.7. The van der Waals surface area contributed by atoms with Gasteiger partial charge in [0.05, 0.1) is 13.6 Å². The standard InChI is InChI=1S/C11H16N5/c1-8(2)4-5-16-7-15(3)11-9(16)10(12)13-6-14-11/h4,6-7H,5H2,1-3H3,(H2,12,13,14)/q+1. The largest absolute Gasteiger partial charge is 0.380 e. The van der Waals surface area contributed by atoms with Crippen molar-refractivity contribution in [2.75, 3.05) is 5.73 Å². The lowest BCUT2D eigenvalue weighted by atomic mass is 10.3. The van der Waals surface area contributed by atoms with E-state index in [1.165, 1.54) is 11.9 Å². The molecule has 5 heteroatoms. The second kappa shape index (κ2) is 3.92. The van der Waals surface area contributed by atoms with Crippen molar-refractivity contribution in [2.24, 2.45) is 7.05 Å². The predicted octanol–water partition coefficient (Wildman–Crippen LogP) is 0.804. The lowest BCUT2D eigenvalue weighted by molar-refractivity contribution is -0.647. The van der Waals surface area contributed by atoms with Gasteiger partial charge in [0.2, 0.25) is 5.52 Å². The molecule has 0 unspecified atom stereocenters. The molecule has 0 spiro atoms. The number of nitrogen functional groups attached to an aromatic ring is 1. The Morgan fingerprint density at radius 3 is 2.94 bits per heavy atom. The molecule has 5 nitrogen and oxygen atoms in total. The third-order valence-corrected chi connectivity index (χ3v) is 2.46. The molecule has 2 rings (SSSR count). The first-order chi connectivity index (χ1) is 7.59. The number of allylic oxidation sites excluding steroid dienone is 2. The minimum absolute atomic E-state index is 0.521. The van der Waals surface area contributed by atoms with Gasteiger partial charge in [0.1, 0.15) is 0 Å². The molecule has 0 saturated carbocycles. The number of nitrogens with two attached hydrogens (primary N) is 1. The third kappa shape index (κ3) is 1.76. The zero-order valence-corrected chi connectivity index (χ0v) is 9.81. The van der Waals surface area contributed by atoms with Crippen LogP contribution in [0, 0.1) is 0 Å². The second-order valence-electron chi connectivity index (χ2n) is 4.09. The zero-order chi connectivity index (χ0) is 11.7. The number of rotatable bonds is 2. The number of aryl methyl sites for hydroxylation is 1. The second-order valence-corrected chi connectivity index (χ2v) is 4.09. The van der Waals surface area contributed by atoms with Crippen LogP contribution >= 0.6 is 0 Å². The fraction of sp³-hybridized carbons (Fsp3) is 0.364. The molecule has 0 aliphatic heterocycles. The van der Waals surface area contributed by atoms with Crippen LogP contribution in [0.25, 0.3) is 11.2 Å². The minimum Gasteiger partial charge on any atom is -0.380 e. The maximum atomic E-state index is 5.87. The van der Waals surface area contributed by atoms with Crippen molar-refractivity contribution in [3.63, 3.8) is 0 Å². The summed E-state index contributed by atoms with van der Waals surface area (Å²) in [5, 5.41) is 0. The van der Waals surface area contributed by atoms with Crippen LogP contribution in [0.4, 0.5) is 5.82 Å². The number of nitrogens with zero attached hydrogens (tertiary/aromatic N) is 4. The quantitative estimate of drug-likeness (QED) is 0.599. The van der Waals surface area contributed by atoms with Crippen molar-refractivity contribution in [2.45, 2.75) is 20.4 Å². The summed E-state index contributed by atoms with van der Waals surface area (Å²) in [6.07, 6.45) is 5.62. The predicted molar refractivity (Wildman–Crippen MR) is 62.5 cm³/mol. The summed E-state index contributed by atoms with van der Waals surface area (Å²) in [4.78, 5) is 8.24. The average molecular weight is 218 g/mol. The fourth-order valence-electron chi connectivity index (χ4n) is 1.66. The van der Waals surface area contributed by atoms with Gasteiger partial charge in [0.15, 0.2) is 18.5 Å². The van der Waals surface area contributed by atoms with E-state index in [4.69, 9.17) is 5.73 Å². The highest BCUT2D eigenvalue weighted by Gasteiger charge is 2.16. The van der Waals surface area contributed by atoms with Gasteiger partial charge in [-0.25, -0.2) is 4.57 Å². The number of anilines is 1. The summed E-state index contributed by atoms with van der Waals surface area (Å²) < 4.78 is 4.00. The number of imidazole rings is 1. The molecule has 2 aromatic rings. The van der Waals surface area contributed by atoms with E-state index in [0.29, 0.717) is 5.82 Å². The molecule has 0 amide bonds. The summed E-state index contributed by atoms with van der Waals surface area (Å²) in [6.45, 7) is 4.94. The first-order valence-corrected chi connectivity index (χ1v) is 5.18. The van der Waals surface area contributed by atoms with Crippen LogP contribution in [0.15, 0.2) is 24.3 Å². The zero-order valence-electron chi connectivity index (χ0n) is 9.81. The molecule has 84 valence electrons. The summed E-state index contributed by atoms with van der Waals surface area (Å²) in [6, 6.07) is 0. The molecular weight excluding hydrogens is 202 g/mol. The lowest BCUT2D eigenvalue weighted by Crippen LogP contribution is -2.26. The molecule has 0 aliphatic carbocycles. The van der Waals surface area contributed by atoms with E-state index in [2.05, 4.69) is 34.5 Å². The molecule has 2 N–H and O–H groups in total. The van der Waals surface area contributed by atoms with E-state index in [-0.39, 0.29) is 0 Å².